The number of carbonyl (C=O) groups excluding carboxylic acids is 1. The number of hydrogen-bond acceptors (Lipinski definition) is 4. The Morgan fingerprint density at radius 1 is 1.11 bits per heavy atom. The molecule has 2 aromatic rings. The highest BCUT2D eigenvalue weighted by molar-refractivity contribution is 5.95. The van der Waals surface area contributed by atoms with E-state index >= 15 is 0 Å². The van der Waals surface area contributed by atoms with Crippen LogP contribution in [0.3, 0.4) is 0 Å². The van der Waals surface area contributed by atoms with Crippen LogP contribution in [0.15, 0.2) is 42.5 Å². The molecule has 0 saturated carbocycles. The molecule has 148 valence electrons. The van der Waals surface area contributed by atoms with E-state index in [1.807, 2.05) is 0 Å². The van der Waals surface area contributed by atoms with E-state index < -0.39 is 0 Å². The van der Waals surface area contributed by atoms with Crippen molar-refractivity contribution in [1.29, 1.82) is 0 Å². The van der Waals surface area contributed by atoms with Crippen molar-refractivity contribution < 1.29 is 14.3 Å². The van der Waals surface area contributed by atoms with Crippen molar-refractivity contribution in [2.75, 3.05) is 26.4 Å². The van der Waals surface area contributed by atoms with E-state index in [4.69, 9.17) is 9.47 Å². The molecule has 4 rings (SSSR count). The predicted molar refractivity (Wildman–Crippen MR) is 109 cm³/mol. The molecular weight excluding hydrogens is 352 g/mol. The fourth-order valence-electron chi connectivity index (χ4n) is 3.92. The predicted octanol–water partition coefficient (Wildman–Crippen LogP) is 3.93. The van der Waals surface area contributed by atoms with Gasteiger partial charge in [0.25, 0.3) is 5.91 Å². The number of fused-ring (bicyclic) bond motifs is 1. The number of carbonyl (C=O) groups is 1. The zero-order chi connectivity index (χ0) is 19.5. The van der Waals surface area contributed by atoms with Crippen LogP contribution in [0, 0.1) is 12.8 Å². The number of amides is 1. The molecule has 0 radical (unpaired) electrons. The van der Waals surface area contributed by atoms with E-state index in [2.05, 4.69) is 48.3 Å². The van der Waals surface area contributed by atoms with Crippen LogP contribution in [0.1, 0.15) is 47.3 Å². The van der Waals surface area contributed by atoms with Crippen LogP contribution in [0.2, 0.25) is 0 Å². The maximum Gasteiger partial charge on any atom is 0.251 e. The summed E-state index contributed by atoms with van der Waals surface area (Å²) in [6.07, 6.45) is 2.41. The average Bonchev–Trinajstić information content (AvgIpc) is 3.18. The van der Waals surface area contributed by atoms with Crippen LogP contribution in [-0.2, 0) is 0 Å². The third kappa shape index (κ3) is 4.14. The molecule has 0 bridgehead atoms. The highest BCUT2D eigenvalue weighted by Crippen LogP contribution is 2.32. The minimum Gasteiger partial charge on any atom is -0.454 e. The monoisotopic (exact) mass is 380 g/mol. The van der Waals surface area contributed by atoms with Gasteiger partial charge in [-0.15, -0.1) is 0 Å². The molecular formula is C23H28N2O3. The highest BCUT2D eigenvalue weighted by atomic mass is 16.7. The minimum absolute atomic E-state index is 0.0826. The number of hydrogen-bond donors (Lipinski definition) is 1. The summed E-state index contributed by atoms with van der Waals surface area (Å²) < 4.78 is 10.7. The fourth-order valence-corrected chi connectivity index (χ4v) is 3.92. The van der Waals surface area contributed by atoms with E-state index in [0.29, 0.717) is 23.6 Å². The number of piperidine rings is 1. The Kier molecular flexibility index (Phi) is 5.53. The van der Waals surface area contributed by atoms with Crippen LogP contribution >= 0.6 is 0 Å². The number of likely N-dealkylation sites (tertiary alicyclic amines) is 1. The van der Waals surface area contributed by atoms with E-state index in [1.165, 1.54) is 24.0 Å². The van der Waals surface area contributed by atoms with Gasteiger partial charge in [-0.25, -0.2) is 0 Å². The molecule has 28 heavy (non-hydrogen) atoms. The van der Waals surface area contributed by atoms with Crippen LogP contribution in [-0.4, -0.2) is 37.2 Å². The molecule has 1 atom stereocenters. The van der Waals surface area contributed by atoms with E-state index in [-0.39, 0.29) is 18.7 Å². The molecule has 1 amide bonds. The van der Waals surface area contributed by atoms with Crippen molar-refractivity contribution in [3.05, 3.63) is 59.2 Å². The smallest absolute Gasteiger partial charge is 0.251 e. The molecule has 0 aliphatic carbocycles. The third-order valence-electron chi connectivity index (χ3n) is 5.81. The van der Waals surface area contributed by atoms with Crippen LogP contribution < -0.4 is 14.8 Å². The topological polar surface area (TPSA) is 50.8 Å². The van der Waals surface area contributed by atoms with Gasteiger partial charge in [-0.3, -0.25) is 9.69 Å². The minimum atomic E-state index is -0.0826. The second-order valence-electron chi connectivity index (χ2n) is 7.92. The maximum absolute atomic E-state index is 12.7. The molecule has 5 heteroatoms. The van der Waals surface area contributed by atoms with Gasteiger partial charge in [-0.2, -0.15) is 0 Å². The lowest BCUT2D eigenvalue weighted by atomic mass is 9.95. The molecule has 1 unspecified atom stereocenters. The van der Waals surface area contributed by atoms with Crippen molar-refractivity contribution in [2.45, 2.75) is 32.7 Å². The Bertz CT molecular complexity index is 826. The van der Waals surface area contributed by atoms with Gasteiger partial charge in [0.15, 0.2) is 11.5 Å². The lowest BCUT2D eigenvalue weighted by Crippen LogP contribution is -2.42. The summed E-state index contributed by atoms with van der Waals surface area (Å²) in [7, 11) is 0. The number of ether oxygens (including phenoxy) is 2. The highest BCUT2D eigenvalue weighted by Gasteiger charge is 2.25. The Morgan fingerprint density at radius 2 is 1.82 bits per heavy atom. The Balaban J connectivity index is 1.47. The van der Waals surface area contributed by atoms with Gasteiger partial charge >= 0.3 is 0 Å². The van der Waals surface area contributed by atoms with Crippen molar-refractivity contribution in [1.82, 2.24) is 10.2 Å². The number of benzene rings is 2. The largest absolute Gasteiger partial charge is 0.454 e. The van der Waals surface area contributed by atoms with Crippen LogP contribution in [0.25, 0.3) is 0 Å². The van der Waals surface area contributed by atoms with Gasteiger partial charge < -0.3 is 14.8 Å². The number of rotatable bonds is 5. The summed E-state index contributed by atoms with van der Waals surface area (Å²) in [4.78, 5) is 15.2. The molecule has 2 aliphatic rings. The molecule has 0 spiro atoms. The molecule has 2 aromatic carbocycles. The van der Waals surface area contributed by atoms with Gasteiger partial charge in [0, 0.05) is 12.1 Å². The van der Waals surface area contributed by atoms with Gasteiger partial charge in [0.1, 0.15) is 0 Å². The quantitative estimate of drug-likeness (QED) is 0.854. The van der Waals surface area contributed by atoms with E-state index in [0.717, 1.165) is 19.0 Å². The second-order valence-corrected chi connectivity index (χ2v) is 7.92. The first-order valence-corrected chi connectivity index (χ1v) is 10.1. The number of aryl methyl sites for hydroxylation is 1. The van der Waals surface area contributed by atoms with Crippen molar-refractivity contribution in [3.8, 4) is 11.5 Å². The van der Waals surface area contributed by atoms with Gasteiger partial charge in [-0.1, -0.05) is 36.8 Å². The standard InChI is InChI=1S/C23H28N2O3/c1-16-3-5-18(6-4-16)20(25-11-9-17(2)10-12-25)14-24-23(26)19-7-8-21-22(13-19)28-15-27-21/h3-8,13,17,20H,9-12,14-15H2,1-2H3,(H,24,26). The first-order valence-electron chi connectivity index (χ1n) is 10.1. The molecule has 5 nitrogen and oxygen atoms in total. The van der Waals surface area contributed by atoms with E-state index in [1.54, 1.807) is 18.2 Å². The first-order chi connectivity index (χ1) is 13.6. The second kappa shape index (κ2) is 8.23. The fraction of sp³-hybridized carbons (Fsp3) is 0.435. The van der Waals surface area contributed by atoms with Crippen molar-refractivity contribution in [2.24, 2.45) is 5.92 Å². The summed E-state index contributed by atoms with van der Waals surface area (Å²) in [5, 5.41) is 3.13. The lowest BCUT2D eigenvalue weighted by Gasteiger charge is -2.37. The summed E-state index contributed by atoms with van der Waals surface area (Å²) >= 11 is 0. The first kappa shape index (κ1) is 18.8. The van der Waals surface area contributed by atoms with Crippen molar-refractivity contribution in [3.63, 3.8) is 0 Å². The number of nitrogens with zero attached hydrogens (tertiary/aromatic N) is 1. The summed E-state index contributed by atoms with van der Waals surface area (Å²) in [6, 6.07) is 14.2. The van der Waals surface area contributed by atoms with Gasteiger partial charge in [0.05, 0.1) is 6.04 Å². The van der Waals surface area contributed by atoms with Crippen LogP contribution in [0.5, 0.6) is 11.5 Å². The average molecular weight is 380 g/mol. The molecule has 1 saturated heterocycles. The SMILES string of the molecule is Cc1ccc(C(CNC(=O)c2ccc3c(c2)OCO3)N2CCC(C)CC2)cc1. The molecule has 1 fully saturated rings. The Hall–Kier alpha value is -2.53. The zero-order valence-corrected chi connectivity index (χ0v) is 16.6. The molecule has 2 heterocycles. The molecule has 0 aromatic heterocycles. The number of nitrogens with one attached hydrogen (secondary N) is 1. The van der Waals surface area contributed by atoms with Gasteiger partial charge in [-0.05, 0) is 62.5 Å². The lowest BCUT2D eigenvalue weighted by molar-refractivity contribution is 0.0912. The van der Waals surface area contributed by atoms with Crippen LogP contribution in [0.4, 0.5) is 0 Å². The van der Waals surface area contributed by atoms with Crippen molar-refractivity contribution >= 4 is 5.91 Å². The molecule has 1 N–H and O–H groups in total. The zero-order valence-electron chi connectivity index (χ0n) is 16.6. The Labute approximate surface area is 166 Å². The normalized spacial score (nSPS) is 18.1. The summed E-state index contributed by atoms with van der Waals surface area (Å²) in [5.74, 6) is 2.02. The maximum atomic E-state index is 12.7. The summed E-state index contributed by atoms with van der Waals surface area (Å²) in [6.45, 7) is 7.36. The third-order valence-corrected chi connectivity index (χ3v) is 5.81. The van der Waals surface area contributed by atoms with E-state index in [9.17, 15) is 4.79 Å². The summed E-state index contributed by atoms with van der Waals surface area (Å²) in [5.41, 5.74) is 3.10. The van der Waals surface area contributed by atoms with Gasteiger partial charge in [0.2, 0.25) is 6.79 Å². The Morgan fingerprint density at radius 3 is 2.57 bits per heavy atom. The molecule has 2 aliphatic heterocycles.